The van der Waals surface area contributed by atoms with Gasteiger partial charge in [0.25, 0.3) is 0 Å². The van der Waals surface area contributed by atoms with E-state index >= 15 is 0 Å². The molecule has 22 heavy (non-hydrogen) atoms. The van der Waals surface area contributed by atoms with Gasteiger partial charge in [0.2, 0.25) is 15.9 Å². The number of nitrogens with two attached hydrogens (primary N) is 1. The third-order valence-corrected chi connectivity index (χ3v) is 5.62. The fourth-order valence-corrected chi connectivity index (χ4v) is 4.12. The minimum absolute atomic E-state index is 0.0178. The minimum Gasteiger partial charge on any atom is -0.338 e. The number of piperidine rings is 1. The second-order valence-corrected chi connectivity index (χ2v) is 8.60. The van der Waals surface area contributed by atoms with Crippen molar-refractivity contribution in [3.63, 3.8) is 0 Å². The van der Waals surface area contributed by atoms with E-state index in [9.17, 15) is 13.2 Å². The van der Waals surface area contributed by atoms with Crippen molar-refractivity contribution >= 4 is 15.9 Å². The Morgan fingerprint density at radius 2 is 1.86 bits per heavy atom. The van der Waals surface area contributed by atoms with Crippen LogP contribution in [0.2, 0.25) is 0 Å². The van der Waals surface area contributed by atoms with E-state index in [0.29, 0.717) is 13.0 Å². The normalized spacial score (nSPS) is 30.3. The van der Waals surface area contributed by atoms with Gasteiger partial charge < -0.3 is 10.6 Å². The molecule has 3 N–H and O–H groups in total. The number of nitrogens with zero attached hydrogens (tertiary/aromatic N) is 1. The standard InChI is InChI=1S/C15H29N3O3S/c1-22(20,21)17-11-13-7-4-5-9-18(13)15(19)10-12-6-2-3-8-14(12)16/h12-14,17H,2-11,16H2,1H3. The Hall–Kier alpha value is -0.660. The monoisotopic (exact) mass is 331 g/mol. The maximum absolute atomic E-state index is 12.6. The lowest BCUT2D eigenvalue weighted by Gasteiger charge is -2.37. The Morgan fingerprint density at radius 1 is 1.18 bits per heavy atom. The van der Waals surface area contributed by atoms with Gasteiger partial charge in [0.05, 0.1) is 6.26 Å². The first-order valence-corrected chi connectivity index (χ1v) is 10.3. The molecular formula is C15H29N3O3S. The van der Waals surface area contributed by atoms with Gasteiger partial charge in [0.15, 0.2) is 0 Å². The third kappa shape index (κ3) is 5.21. The molecule has 3 unspecified atom stereocenters. The number of hydrogen-bond acceptors (Lipinski definition) is 4. The van der Waals surface area contributed by atoms with Crippen LogP contribution in [-0.2, 0) is 14.8 Å². The van der Waals surface area contributed by atoms with Crippen molar-refractivity contribution in [1.82, 2.24) is 9.62 Å². The van der Waals surface area contributed by atoms with Gasteiger partial charge in [-0.3, -0.25) is 4.79 Å². The molecular weight excluding hydrogens is 302 g/mol. The van der Waals surface area contributed by atoms with Crippen LogP contribution in [0.3, 0.4) is 0 Å². The lowest BCUT2D eigenvalue weighted by atomic mass is 9.82. The number of hydrogen-bond donors (Lipinski definition) is 2. The highest BCUT2D eigenvalue weighted by Gasteiger charge is 2.31. The van der Waals surface area contributed by atoms with Crippen LogP contribution >= 0.6 is 0 Å². The van der Waals surface area contributed by atoms with Crippen molar-refractivity contribution in [2.45, 2.75) is 63.5 Å². The molecule has 1 aliphatic heterocycles. The number of carbonyl (C=O) groups is 1. The molecule has 1 amide bonds. The summed E-state index contributed by atoms with van der Waals surface area (Å²) in [6.45, 7) is 1.05. The van der Waals surface area contributed by atoms with Crippen molar-refractivity contribution in [1.29, 1.82) is 0 Å². The highest BCUT2D eigenvalue weighted by atomic mass is 32.2. The van der Waals surface area contributed by atoms with E-state index in [1.54, 1.807) is 0 Å². The molecule has 1 aliphatic carbocycles. The summed E-state index contributed by atoms with van der Waals surface area (Å²) >= 11 is 0. The van der Waals surface area contributed by atoms with Crippen molar-refractivity contribution in [2.24, 2.45) is 11.7 Å². The van der Waals surface area contributed by atoms with Crippen LogP contribution in [0.4, 0.5) is 0 Å². The SMILES string of the molecule is CS(=O)(=O)NCC1CCCCN1C(=O)CC1CCCCC1N. The van der Waals surface area contributed by atoms with Crippen molar-refractivity contribution < 1.29 is 13.2 Å². The molecule has 0 radical (unpaired) electrons. The summed E-state index contributed by atoms with van der Waals surface area (Å²) < 4.78 is 25.1. The van der Waals surface area contributed by atoms with Gasteiger partial charge in [-0.05, 0) is 38.0 Å². The first kappa shape index (κ1) is 17.7. The lowest BCUT2D eigenvalue weighted by molar-refractivity contribution is -0.136. The van der Waals surface area contributed by atoms with Crippen LogP contribution in [-0.4, -0.2) is 50.7 Å². The molecule has 0 spiro atoms. The van der Waals surface area contributed by atoms with Gasteiger partial charge >= 0.3 is 0 Å². The van der Waals surface area contributed by atoms with E-state index in [-0.39, 0.29) is 23.9 Å². The maximum atomic E-state index is 12.6. The van der Waals surface area contributed by atoms with Gasteiger partial charge in [0, 0.05) is 31.6 Å². The fourth-order valence-electron chi connectivity index (χ4n) is 3.62. The minimum atomic E-state index is -3.22. The highest BCUT2D eigenvalue weighted by molar-refractivity contribution is 7.88. The van der Waals surface area contributed by atoms with Crippen LogP contribution in [0, 0.1) is 5.92 Å². The third-order valence-electron chi connectivity index (χ3n) is 4.93. The van der Waals surface area contributed by atoms with E-state index in [4.69, 9.17) is 5.73 Å². The number of likely N-dealkylation sites (tertiary alicyclic amines) is 1. The fraction of sp³-hybridized carbons (Fsp3) is 0.933. The molecule has 1 saturated carbocycles. The number of sulfonamides is 1. The van der Waals surface area contributed by atoms with Crippen LogP contribution in [0.15, 0.2) is 0 Å². The van der Waals surface area contributed by atoms with Gasteiger partial charge in [0.1, 0.15) is 0 Å². The van der Waals surface area contributed by atoms with Crippen LogP contribution in [0.25, 0.3) is 0 Å². The number of carbonyl (C=O) groups excluding carboxylic acids is 1. The molecule has 0 aromatic rings. The van der Waals surface area contributed by atoms with Crippen molar-refractivity contribution in [2.75, 3.05) is 19.3 Å². The quantitative estimate of drug-likeness (QED) is 0.780. The molecule has 0 aromatic heterocycles. The first-order chi connectivity index (χ1) is 10.4. The Kier molecular flexibility index (Phi) is 6.23. The summed E-state index contributed by atoms with van der Waals surface area (Å²) in [5, 5.41) is 0. The maximum Gasteiger partial charge on any atom is 0.223 e. The molecule has 6 nitrogen and oxygen atoms in total. The Bertz CT molecular complexity index is 480. The Balaban J connectivity index is 1.92. The van der Waals surface area contributed by atoms with Gasteiger partial charge in [-0.1, -0.05) is 12.8 Å². The molecule has 1 heterocycles. The molecule has 3 atom stereocenters. The largest absolute Gasteiger partial charge is 0.338 e. The van der Waals surface area contributed by atoms with E-state index in [1.807, 2.05) is 4.90 Å². The van der Waals surface area contributed by atoms with Gasteiger partial charge in [-0.15, -0.1) is 0 Å². The molecule has 128 valence electrons. The topological polar surface area (TPSA) is 92.5 Å². The van der Waals surface area contributed by atoms with E-state index in [1.165, 1.54) is 0 Å². The van der Waals surface area contributed by atoms with E-state index < -0.39 is 10.0 Å². The van der Waals surface area contributed by atoms with Crippen molar-refractivity contribution in [3.05, 3.63) is 0 Å². The summed E-state index contributed by atoms with van der Waals surface area (Å²) in [4.78, 5) is 14.5. The summed E-state index contributed by atoms with van der Waals surface area (Å²) in [6, 6.07) is 0.117. The summed E-state index contributed by atoms with van der Waals surface area (Å²) in [6.07, 6.45) is 8.94. The second kappa shape index (κ2) is 7.75. The van der Waals surface area contributed by atoms with Crippen molar-refractivity contribution in [3.8, 4) is 0 Å². The molecule has 1 saturated heterocycles. The Labute approximate surface area is 133 Å². The smallest absolute Gasteiger partial charge is 0.223 e. The lowest BCUT2D eigenvalue weighted by Crippen LogP contribution is -2.50. The number of rotatable bonds is 5. The van der Waals surface area contributed by atoms with Gasteiger partial charge in [-0.25, -0.2) is 13.1 Å². The average molecular weight is 331 g/mol. The molecule has 0 bridgehead atoms. The zero-order valence-electron chi connectivity index (χ0n) is 13.5. The molecule has 2 aliphatic rings. The predicted molar refractivity (Wildman–Crippen MR) is 86.7 cm³/mol. The Morgan fingerprint density at radius 3 is 2.55 bits per heavy atom. The molecule has 0 aromatic carbocycles. The second-order valence-electron chi connectivity index (χ2n) is 6.77. The van der Waals surface area contributed by atoms with E-state index in [0.717, 1.165) is 57.7 Å². The zero-order valence-corrected chi connectivity index (χ0v) is 14.3. The zero-order chi connectivity index (χ0) is 16.2. The van der Waals surface area contributed by atoms with E-state index in [2.05, 4.69) is 4.72 Å². The van der Waals surface area contributed by atoms with Crippen LogP contribution in [0.5, 0.6) is 0 Å². The number of nitrogens with one attached hydrogen (secondary N) is 1. The first-order valence-electron chi connectivity index (χ1n) is 8.36. The predicted octanol–water partition coefficient (Wildman–Crippen LogP) is 0.824. The summed E-state index contributed by atoms with van der Waals surface area (Å²) in [5.41, 5.74) is 6.14. The molecule has 7 heteroatoms. The molecule has 2 fully saturated rings. The van der Waals surface area contributed by atoms with Crippen LogP contribution in [0.1, 0.15) is 51.4 Å². The summed E-state index contributed by atoms with van der Waals surface area (Å²) in [7, 11) is -3.22. The van der Waals surface area contributed by atoms with Gasteiger partial charge in [-0.2, -0.15) is 0 Å². The average Bonchev–Trinajstić information content (AvgIpc) is 2.47. The van der Waals surface area contributed by atoms with Crippen LogP contribution < -0.4 is 10.5 Å². The molecule has 2 rings (SSSR count). The number of amides is 1. The summed E-state index contributed by atoms with van der Waals surface area (Å²) in [5.74, 6) is 0.425. The highest BCUT2D eigenvalue weighted by Crippen LogP contribution is 2.27.